The van der Waals surface area contributed by atoms with Gasteiger partial charge in [-0.15, -0.1) is 11.8 Å². The third kappa shape index (κ3) is 4.25. The molecule has 1 aliphatic carbocycles. The second kappa shape index (κ2) is 7.10. The lowest BCUT2D eigenvalue weighted by molar-refractivity contribution is -0.113. The minimum atomic E-state index is 0.0682. The van der Waals surface area contributed by atoms with E-state index in [9.17, 15) is 4.79 Å². The molecule has 1 aromatic carbocycles. The van der Waals surface area contributed by atoms with Crippen LogP contribution in [-0.2, 0) is 4.79 Å². The molecule has 1 saturated carbocycles. The van der Waals surface area contributed by atoms with Crippen molar-refractivity contribution in [2.75, 3.05) is 17.3 Å². The van der Waals surface area contributed by atoms with Crippen LogP contribution in [-0.4, -0.2) is 23.2 Å². The maximum Gasteiger partial charge on any atom is 0.234 e. The molecule has 0 spiro atoms. The first kappa shape index (κ1) is 13.8. The van der Waals surface area contributed by atoms with E-state index in [-0.39, 0.29) is 5.91 Å². The Bertz CT molecular complexity index is 385. The highest BCUT2D eigenvalue weighted by Gasteiger charge is 2.15. The summed E-state index contributed by atoms with van der Waals surface area (Å²) in [6.45, 7) is 0. The number of nitrogens with one attached hydrogen (secondary N) is 1. The summed E-state index contributed by atoms with van der Waals surface area (Å²) >= 11 is 3.51. The van der Waals surface area contributed by atoms with E-state index in [2.05, 4.69) is 17.4 Å². The number of hydrogen-bond donors (Lipinski definition) is 1. The summed E-state index contributed by atoms with van der Waals surface area (Å²) in [6.07, 6.45) is 7.37. The minimum absolute atomic E-state index is 0.0682. The van der Waals surface area contributed by atoms with E-state index in [1.54, 1.807) is 0 Å². The van der Waals surface area contributed by atoms with E-state index in [0.717, 1.165) is 10.9 Å². The quantitative estimate of drug-likeness (QED) is 0.883. The monoisotopic (exact) mass is 281 g/mol. The van der Waals surface area contributed by atoms with Gasteiger partial charge in [0.1, 0.15) is 0 Å². The van der Waals surface area contributed by atoms with Crippen LogP contribution in [0.15, 0.2) is 29.2 Å². The van der Waals surface area contributed by atoms with Crippen LogP contribution in [0.4, 0.5) is 5.69 Å². The van der Waals surface area contributed by atoms with Gasteiger partial charge >= 0.3 is 0 Å². The maximum atomic E-state index is 11.4. The zero-order valence-corrected chi connectivity index (χ0v) is 12.3. The zero-order valence-electron chi connectivity index (χ0n) is 10.6. The van der Waals surface area contributed by atoms with Crippen LogP contribution in [0.3, 0.4) is 0 Å². The number of benzene rings is 1. The average molecular weight is 281 g/mol. The summed E-state index contributed by atoms with van der Waals surface area (Å²) in [5.41, 5.74) is 0.893. The van der Waals surface area contributed by atoms with Crippen LogP contribution in [0.5, 0.6) is 0 Å². The number of anilines is 1. The molecular formula is C14H19NOS2. The molecule has 0 unspecified atom stereocenters. The molecule has 4 heteroatoms. The van der Waals surface area contributed by atoms with Crippen molar-refractivity contribution in [3.8, 4) is 0 Å². The van der Waals surface area contributed by atoms with Gasteiger partial charge in [0.15, 0.2) is 0 Å². The van der Waals surface area contributed by atoms with Crippen LogP contribution in [0.1, 0.15) is 25.7 Å². The highest BCUT2D eigenvalue weighted by atomic mass is 32.2. The third-order valence-electron chi connectivity index (χ3n) is 3.02. The molecule has 98 valence electrons. The van der Waals surface area contributed by atoms with Crippen LogP contribution in [0, 0.1) is 0 Å². The number of hydrogen-bond acceptors (Lipinski definition) is 3. The molecule has 2 nitrogen and oxygen atoms in total. The number of carbonyl (C=O) groups excluding carboxylic acids is 1. The fourth-order valence-corrected chi connectivity index (χ4v) is 3.73. The first-order chi connectivity index (χ1) is 8.78. The fraction of sp³-hybridized carbons (Fsp3) is 0.500. The van der Waals surface area contributed by atoms with Gasteiger partial charge in [0.25, 0.3) is 0 Å². The molecule has 0 aromatic heterocycles. The van der Waals surface area contributed by atoms with Gasteiger partial charge in [0, 0.05) is 15.8 Å². The van der Waals surface area contributed by atoms with E-state index < -0.39 is 0 Å². The number of amides is 1. The Morgan fingerprint density at radius 3 is 2.56 bits per heavy atom. The fourth-order valence-electron chi connectivity index (χ4n) is 2.14. The number of thioether (sulfide) groups is 2. The lowest BCUT2D eigenvalue weighted by Crippen LogP contribution is -2.13. The van der Waals surface area contributed by atoms with Crippen LogP contribution in [0.2, 0.25) is 0 Å². The van der Waals surface area contributed by atoms with E-state index in [1.165, 1.54) is 42.3 Å². The SMILES string of the molecule is CSCC(=O)Nc1ccc(SC2CCCC2)cc1. The Morgan fingerprint density at radius 2 is 1.94 bits per heavy atom. The molecule has 1 amide bonds. The van der Waals surface area contributed by atoms with Crippen molar-refractivity contribution < 1.29 is 4.79 Å². The van der Waals surface area contributed by atoms with Crippen LogP contribution in [0.25, 0.3) is 0 Å². The van der Waals surface area contributed by atoms with E-state index in [1.807, 2.05) is 30.2 Å². The topological polar surface area (TPSA) is 29.1 Å². The summed E-state index contributed by atoms with van der Waals surface area (Å²) in [7, 11) is 0. The summed E-state index contributed by atoms with van der Waals surface area (Å²) in [5, 5.41) is 3.69. The van der Waals surface area contributed by atoms with Crippen molar-refractivity contribution >= 4 is 35.1 Å². The number of rotatable bonds is 5. The third-order valence-corrected chi connectivity index (χ3v) is 4.92. The van der Waals surface area contributed by atoms with Gasteiger partial charge < -0.3 is 5.32 Å². The van der Waals surface area contributed by atoms with Gasteiger partial charge in [-0.3, -0.25) is 4.79 Å². The lowest BCUT2D eigenvalue weighted by Gasteiger charge is -2.09. The van der Waals surface area contributed by atoms with Crippen molar-refractivity contribution in [1.82, 2.24) is 0 Å². The van der Waals surface area contributed by atoms with Gasteiger partial charge in [0.05, 0.1) is 5.75 Å². The van der Waals surface area contributed by atoms with Crippen molar-refractivity contribution in [2.24, 2.45) is 0 Å². The Kier molecular flexibility index (Phi) is 5.45. The summed E-state index contributed by atoms with van der Waals surface area (Å²) in [4.78, 5) is 12.7. The molecule has 1 fully saturated rings. The summed E-state index contributed by atoms with van der Waals surface area (Å²) in [5.74, 6) is 0.581. The largest absolute Gasteiger partial charge is 0.325 e. The molecule has 0 atom stereocenters. The molecule has 0 heterocycles. The number of carbonyl (C=O) groups is 1. The first-order valence-corrected chi connectivity index (χ1v) is 8.61. The van der Waals surface area contributed by atoms with E-state index in [0.29, 0.717) is 5.75 Å². The second-order valence-corrected chi connectivity index (χ2v) is 6.77. The van der Waals surface area contributed by atoms with Gasteiger partial charge in [-0.25, -0.2) is 0 Å². The highest BCUT2D eigenvalue weighted by Crippen LogP contribution is 2.34. The Morgan fingerprint density at radius 1 is 1.28 bits per heavy atom. The summed E-state index contributed by atoms with van der Waals surface area (Å²) < 4.78 is 0. The van der Waals surface area contributed by atoms with Crippen LogP contribution >= 0.6 is 23.5 Å². The molecule has 0 radical (unpaired) electrons. The first-order valence-electron chi connectivity index (χ1n) is 6.33. The predicted molar refractivity (Wildman–Crippen MR) is 81.6 cm³/mol. The van der Waals surface area contributed by atoms with Gasteiger partial charge in [0.2, 0.25) is 5.91 Å². The summed E-state index contributed by atoms with van der Waals surface area (Å²) in [6, 6.07) is 8.21. The van der Waals surface area contributed by atoms with Crippen molar-refractivity contribution in [1.29, 1.82) is 0 Å². The van der Waals surface area contributed by atoms with Crippen LogP contribution < -0.4 is 5.32 Å². The predicted octanol–water partition coefficient (Wildman–Crippen LogP) is 4.02. The normalized spacial score (nSPS) is 15.8. The highest BCUT2D eigenvalue weighted by molar-refractivity contribution is 8.00. The second-order valence-electron chi connectivity index (χ2n) is 4.53. The van der Waals surface area contributed by atoms with Gasteiger partial charge in [-0.1, -0.05) is 12.8 Å². The molecule has 1 N–H and O–H groups in total. The van der Waals surface area contributed by atoms with Gasteiger partial charge in [-0.2, -0.15) is 11.8 Å². The lowest BCUT2D eigenvalue weighted by atomic mass is 10.3. The minimum Gasteiger partial charge on any atom is -0.325 e. The smallest absolute Gasteiger partial charge is 0.234 e. The van der Waals surface area contributed by atoms with Crippen molar-refractivity contribution in [3.63, 3.8) is 0 Å². The molecule has 0 bridgehead atoms. The van der Waals surface area contributed by atoms with E-state index in [4.69, 9.17) is 0 Å². The average Bonchev–Trinajstić information content (AvgIpc) is 2.85. The molecule has 18 heavy (non-hydrogen) atoms. The van der Waals surface area contributed by atoms with Crippen molar-refractivity contribution in [3.05, 3.63) is 24.3 Å². The molecule has 0 aliphatic heterocycles. The standard InChI is InChI=1S/C14H19NOS2/c1-17-10-14(16)15-11-6-8-13(9-7-11)18-12-4-2-3-5-12/h6-9,12H,2-5,10H2,1H3,(H,15,16). The Balaban J connectivity index is 1.86. The van der Waals surface area contributed by atoms with E-state index >= 15 is 0 Å². The van der Waals surface area contributed by atoms with Gasteiger partial charge in [-0.05, 0) is 43.4 Å². The molecule has 1 aliphatic rings. The van der Waals surface area contributed by atoms with Crippen molar-refractivity contribution in [2.45, 2.75) is 35.8 Å². The molecular weight excluding hydrogens is 262 g/mol. The molecule has 0 saturated heterocycles. The molecule has 2 rings (SSSR count). The Labute approximate surface area is 117 Å². The Hall–Kier alpha value is -0.610. The maximum absolute atomic E-state index is 11.4. The molecule has 1 aromatic rings. The zero-order chi connectivity index (χ0) is 12.8.